The van der Waals surface area contributed by atoms with Gasteiger partial charge < -0.3 is 4.74 Å². The van der Waals surface area contributed by atoms with Gasteiger partial charge >= 0.3 is 0 Å². The smallest absolute Gasteiger partial charge is 0.275 e. The maximum absolute atomic E-state index is 12.9. The van der Waals surface area contributed by atoms with Gasteiger partial charge in [-0.1, -0.05) is 29.8 Å². The predicted octanol–water partition coefficient (Wildman–Crippen LogP) is 3.91. The Morgan fingerprint density at radius 2 is 2.19 bits per heavy atom. The number of aromatic nitrogens is 2. The molecule has 3 atom stereocenters. The van der Waals surface area contributed by atoms with E-state index in [1.165, 1.54) is 4.68 Å². The molecule has 1 saturated heterocycles. The third-order valence-corrected chi connectivity index (χ3v) is 6.29. The zero-order valence-corrected chi connectivity index (χ0v) is 17.4. The Hall–Kier alpha value is -1.53. The molecule has 0 spiro atoms. The van der Waals surface area contributed by atoms with Gasteiger partial charge in [-0.2, -0.15) is 5.10 Å². The van der Waals surface area contributed by atoms with Crippen LogP contribution in [0.3, 0.4) is 0 Å². The summed E-state index contributed by atoms with van der Waals surface area (Å²) >= 11 is 3.47. The average molecular weight is 433 g/mol. The first-order valence-electron chi connectivity index (χ1n) is 9.74. The van der Waals surface area contributed by atoms with E-state index >= 15 is 0 Å². The van der Waals surface area contributed by atoms with Crippen molar-refractivity contribution in [3.05, 3.63) is 38.7 Å². The minimum absolute atomic E-state index is 0.0763. The number of halogens is 1. The van der Waals surface area contributed by atoms with Crippen molar-refractivity contribution in [1.29, 1.82) is 0 Å². The number of benzene rings is 1. The van der Waals surface area contributed by atoms with E-state index in [1.807, 2.05) is 18.2 Å². The number of Topliss-reactive ketones (excluding diaryl/α,β-unsaturated/α-hetero) is 1. The van der Waals surface area contributed by atoms with Crippen LogP contribution in [0, 0.1) is 17.8 Å². The van der Waals surface area contributed by atoms with Crippen LogP contribution in [0.25, 0.3) is 10.8 Å². The summed E-state index contributed by atoms with van der Waals surface area (Å²) in [6, 6.07) is 5.61. The molecule has 5 nitrogen and oxygen atoms in total. The van der Waals surface area contributed by atoms with E-state index in [-0.39, 0.29) is 29.7 Å². The van der Waals surface area contributed by atoms with Crippen LogP contribution in [0.4, 0.5) is 0 Å². The van der Waals surface area contributed by atoms with Crippen molar-refractivity contribution in [1.82, 2.24) is 9.78 Å². The van der Waals surface area contributed by atoms with E-state index in [2.05, 4.69) is 34.9 Å². The number of hydrogen-bond acceptors (Lipinski definition) is 4. The number of carbonyl (C=O) groups excluding carboxylic acids is 1. The van der Waals surface area contributed by atoms with Gasteiger partial charge in [0.15, 0.2) is 5.78 Å². The molecule has 0 bridgehead atoms. The van der Waals surface area contributed by atoms with Crippen LogP contribution in [-0.4, -0.2) is 28.8 Å². The van der Waals surface area contributed by atoms with E-state index < -0.39 is 0 Å². The van der Waals surface area contributed by atoms with E-state index in [1.54, 1.807) is 0 Å². The second-order valence-electron chi connectivity index (χ2n) is 8.23. The lowest BCUT2D eigenvalue weighted by atomic mass is 10.00. The molecule has 0 radical (unpaired) electrons. The molecule has 4 rings (SSSR count). The Balaban J connectivity index is 1.55. The zero-order chi connectivity index (χ0) is 19.1. The third-order valence-electron chi connectivity index (χ3n) is 5.80. The molecule has 3 unspecified atom stereocenters. The van der Waals surface area contributed by atoms with Crippen LogP contribution < -0.4 is 5.56 Å². The molecule has 0 amide bonds. The molecule has 2 heterocycles. The Kier molecular flexibility index (Phi) is 5.21. The van der Waals surface area contributed by atoms with Crippen molar-refractivity contribution < 1.29 is 9.53 Å². The summed E-state index contributed by atoms with van der Waals surface area (Å²) in [5.74, 6) is 1.45. The van der Waals surface area contributed by atoms with Crippen molar-refractivity contribution in [2.45, 2.75) is 45.6 Å². The fourth-order valence-electron chi connectivity index (χ4n) is 4.18. The molecule has 1 saturated carbocycles. The quantitative estimate of drug-likeness (QED) is 0.693. The Bertz CT molecular complexity index is 931. The highest BCUT2D eigenvalue weighted by Gasteiger charge is 2.43. The SMILES string of the molecule is CC(C)c1nn(CC(=O)C2CC2CC2CCOC2)c(=O)c2ccc(Br)cc12. The van der Waals surface area contributed by atoms with Crippen LogP contribution in [0.1, 0.15) is 44.7 Å². The molecule has 6 heteroatoms. The Morgan fingerprint density at radius 3 is 2.89 bits per heavy atom. The van der Waals surface area contributed by atoms with Crippen molar-refractivity contribution in [2.75, 3.05) is 13.2 Å². The molecule has 2 fully saturated rings. The molecule has 27 heavy (non-hydrogen) atoms. The summed E-state index contributed by atoms with van der Waals surface area (Å²) in [5.41, 5.74) is 0.672. The fraction of sp³-hybridized carbons (Fsp3) is 0.571. The summed E-state index contributed by atoms with van der Waals surface area (Å²) < 4.78 is 7.73. The molecule has 2 aromatic rings. The molecular formula is C21H25BrN2O3. The number of nitrogens with zero attached hydrogens (tertiary/aromatic N) is 2. The lowest BCUT2D eigenvalue weighted by Gasteiger charge is -2.13. The molecule has 1 aliphatic heterocycles. The van der Waals surface area contributed by atoms with Gasteiger partial charge in [0.1, 0.15) is 6.54 Å². The second kappa shape index (κ2) is 7.47. The number of ketones is 1. The standard InChI is InChI=1S/C21H25BrN2O3/c1-12(2)20-18-9-15(22)3-4-16(18)21(26)24(23-20)10-19(25)17-8-14(17)7-13-5-6-27-11-13/h3-4,9,12-14,17H,5-8,10-11H2,1-2H3. The Labute approximate surface area is 167 Å². The molecule has 1 aromatic carbocycles. The molecule has 2 aliphatic rings. The number of rotatable bonds is 6. The summed E-state index contributed by atoms with van der Waals surface area (Å²) in [6.45, 7) is 5.86. The topological polar surface area (TPSA) is 61.2 Å². The van der Waals surface area contributed by atoms with Crippen LogP contribution in [-0.2, 0) is 16.1 Å². The first-order chi connectivity index (χ1) is 12.9. The van der Waals surface area contributed by atoms with Gasteiger partial charge in [-0.15, -0.1) is 0 Å². The summed E-state index contributed by atoms with van der Waals surface area (Å²) in [7, 11) is 0. The van der Waals surface area contributed by atoms with Gasteiger partial charge in [0.05, 0.1) is 11.1 Å². The van der Waals surface area contributed by atoms with E-state index in [9.17, 15) is 9.59 Å². The second-order valence-corrected chi connectivity index (χ2v) is 9.14. The highest BCUT2D eigenvalue weighted by molar-refractivity contribution is 9.10. The van der Waals surface area contributed by atoms with E-state index in [0.29, 0.717) is 17.2 Å². The molecule has 0 N–H and O–H groups in total. The summed E-state index contributed by atoms with van der Waals surface area (Å²) in [5, 5.41) is 6.05. The van der Waals surface area contributed by atoms with Crippen molar-refractivity contribution >= 4 is 32.5 Å². The Morgan fingerprint density at radius 1 is 1.37 bits per heavy atom. The van der Waals surface area contributed by atoms with E-state index in [0.717, 1.165) is 48.0 Å². The minimum Gasteiger partial charge on any atom is -0.381 e. The highest BCUT2D eigenvalue weighted by Crippen LogP contribution is 2.45. The van der Waals surface area contributed by atoms with Crippen molar-refractivity contribution in [3.8, 4) is 0 Å². The summed E-state index contributed by atoms with van der Waals surface area (Å²) in [6.07, 6.45) is 3.12. The van der Waals surface area contributed by atoms with Gasteiger partial charge in [-0.3, -0.25) is 9.59 Å². The first kappa shape index (κ1) is 18.8. The maximum atomic E-state index is 12.9. The zero-order valence-electron chi connectivity index (χ0n) is 15.8. The number of hydrogen-bond donors (Lipinski definition) is 0. The van der Waals surface area contributed by atoms with Crippen LogP contribution >= 0.6 is 15.9 Å². The molecular weight excluding hydrogens is 408 g/mol. The van der Waals surface area contributed by atoms with Gasteiger partial charge in [-0.05, 0) is 55.2 Å². The molecule has 1 aliphatic carbocycles. The monoisotopic (exact) mass is 432 g/mol. The van der Waals surface area contributed by atoms with Crippen LogP contribution in [0.5, 0.6) is 0 Å². The maximum Gasteiger partial charge on any atom is 0.275 e. The van der Waals surface area contributed by atoms with Gasteiger partial charge in [0.25, 0.3) is 5.56 Å². The predicted molar refractivity (Wildman–Crippen MR) is 108 cm³/mol. The molecule has 144 valence electrons. The third kappa shape index (κ3) is 3.87. The van der Waals surface area contributed by atoms with Crippen LogP contribution in [0.15, 0.2) is 27.5 Å². The molecule has 1 aromatic heterocycles. The number of ether oxygens (including phenoxy) is 1. The normalized spacial score (nSPS) is 24.7. The lowest BCUT2D eigenvalue weighted by molar-refractivity contribution is -0.121. The van der Waals surface area contributed by atoms with Gasteiger partial charge in [-0.25, -0.2) is 4.68 Å². The van der Waals surface area contributed by atoms with Crippen molar-refractivity contribution in [2.24, 2.45) is 17.8 Å². The lowest BCUT2D eigenvalue weighted by Crippen LogP contribution is -2.29. The van der Waals surface area contributed by atoms with E-state index in [4.69, 9.17) is 4.74 Å². The van der Waals surface area contributed by atoms with Crippen LogP contribution in [0.2, 0.25) is 0 Å². The number of fused-ring (bicyclic) bond motifs is 1. The largest absolute Gasteiger partial charge is 0.381 e. The average Bonchev–Trinajstić information content (AvgIpc) is 3.20. The van der Waals surface area contributed by atoms with Crippen molar-refractivity contribution in [3.63, 3.8) is 0 Å². The van der Waals surface area contributed by atoms with Gasteiger partial charge in [0, 0.05) is 29.0 Å². The van der Waals surface area contributed by atoms with Gasteiger partial charge in [0.2, 0.25) is 0 Å². The number of carbonyl (C=O) groups is 1. The first-order valence-corrected chi connectivity index (χ1v) is 10.5. The minimum atomic E-state index is -0.184. The fourth-order valence-corrected chi connectivity index (χ4v) is 4.54. The summed E-state index contributed by atoms with van der Waals surface area (Å²) in [4.78, 5) is 25.6. The highest BCUT2D eigenvalue weighted by atomic mass is 79.9.